The highest BCUT2D eigenvalue weighted by atomic mass is 16.5. The van der Waals surface area contributed by atoms with Crippen LogP contribution in [0.2, 0.25) is 0 Å². The highest BCUT2D eigenvalue weighted by molar-refractivity contribution is 6.01. The van der Waals surface area contributed by atoms with Crippen molar-refractivity contribution in [1.29, 1.82) is 0 Å². The van der Waals surface area contributed by atoms with E-state index in [4.69, 9.17) is 9.47 Å². The van der Waals surface area contributed by atoms with Crippen LogP contribution >= 0.6 is 0 Å². The Morgan fingerprint density at radius 1 is 0.966 bits per heavy atom. The van der Waals surface area contributed by atoms with Gasteiger partial charge in [0.05, 0.1) is 12.8 Å². The topological polar surface area (TPSA) is 80.2 Å². The zero-order valence-corrected chi connectivity index (χ0v) is 16.3. The van der Waals surface area contributed by atoms with Crippen molar-refractivity contribution in [1.82, 2.24) is 5.43 Å². The van der Waals surface area contributed by atoms with Gasteiger partial charge in [0, 0.05) is 5.56 Å². The van der Waals surface area contributed by atoms with Crippen LogP contribution in [0, 0.1) is 0 Å². The van der Waals surface area contributed by atoms with Gasteiger partial charge >= 0.3 is 0 Å². The SMILES string of the molecule is COc1ccc(O)c(/C(C)=N/NC(=O)COc2ccc(-c3ccccc3)cc2)c1. The second-order valence-corrected chi connectivity index (χ2v) is 6.29. The number of amides is 1. The van der Waals surface area contributed by atoms with E-state index >= 15 is 0 Å². The first-order chi connectivity index (χ1) is 14.1. The molecule has 0 radical (unpaired) electrons. The fraction of sp³-hybridized carbons (Fsp3) is 0.130. The maximum Gasteiger partial charge on any atom is 0.277 e. The summed E-state index contributed by atoms with van der Waals surface area (Å²) in [5, 5.41) is 14.0. The fourth-order valence-electron chi connectivity index (χ4n) is 2.69. The smallest absolute Gasteiger partial charge is 0.277 e. The zero-order chi connectivity index (χ0) is 20.6. The maximum absolute atomic E-state index is 12.0. The van der Waals surface area contributed by atoms with Crippen molar-refractivity contribution in [2.75, 3.05) is 13.7 Å². The average Bonchev–Trinajstić information content (AvgIpc) is 2.77. The minimum Gasteiger partial charge on any atom is -0.507 e. The van der Waals surface area contributed by atoms with E-state index in [0.29, 0.717) is 22.8 Å². The average molecular weight is 390 g/mol. The lowest BCUT2D eigenvalue weighted by Gasteiger charge is -2.08. The molecule has 0 heterocycles. The summed E-state index contributed by atoms with van der Waals surface area (Å²) in [5.74, 6) is 0.821. The summed E-state index contributed by atoms with van der Waals surface area (Å²) < 4.78 is 10.6. The summed E-state index contributed by atoms with van der Waals surface area (Å²) in [6.07, 6.45) is 0. The molecule has 0 atom stereocenters. The van der Waals surface area contributed by atoms with Gasteiger partial charge in [0.1, 0.15) is 17.2 Å². The zero-order valence-electron chi connectivity index (χ0n) is 16.3. The molecule has 2 N–H and O–H groups in total. The van der Waals surface area contributed by atoms with Crippen molar-refractivity contribution in [2.24, 2.45) is 5.10 Å². The largest absolute Gasteiger partial charge is 0.507 e. The summed E-state index contributed by atoms with van der Waals surface area (Å²) in [6.45, 7) is 1.50. The lowest BCUT2D eigenvalue weighted by molar-refractivity contribution is -0.123. The van der Waals surface area contributed by atoms with Crippen LogP contribution in [0.15, 0.2) is 77.9 Å². The van der Waals surface area contributed by atoms with Gasteiger partial charge in [0.25, 0.3) is 5.91 Å². The summed E-state index contributed by atoms with van der Waals surface area (Å²) in [5.41, 5.74) is 5.53. The monoisotopic (exact) mass is 390 g/mol. The van der Waals surface area contributed by atoms with E-state index in [-0.39, 0.29) is 12.4 Å². The molecular weight excluding hydrogens is 368 g/mol. The number of benzene rings is 3. The van der Waals surface area contributed by atoms with Crippen molar-refractivity contribution in [3.05, 3.63) is 78.4 Å². The number of phenolic OH excluding ortho intramolecular Hbond substituents is 1. The second-order valence-electron chi connectivity index (χ2n) is 6.29. The number of hydrazone groups is 1. The predicted molar refractivity (Wildman–Crippen MR) is 112 cm³/mol. The Bertz CT molecular complexity index is 999. The Morgan fingerprint density at radius 2 is 1.62 bits per heavy atom. The molecule has 0 aliphatic carbocycles. The molecule has 6 nitrogen and oxygen atoms in total. The van der Waals surface area contributed by atoms with Gasteiger partial charge in [-0.15, -0.1) is 0 Å². The number of carbonyl (C=O) groups excluding carboxylic acids is 1. The Morgan fingerprint density at radius 3 is 2.31 bits per heavy atom. The molecule has 3 rings (SSSR count). The fourth-order valence-corrected chi connectivity index (χ4v) is 2.69. The van der Waals surface area contributed by atoms with E-state index < -0.39 is 5.91 Å². The molecule has 3 aromatic rings. The van der Waals surface area contributed by atoms with E-state index in [1.165, 1.54) is 13.2 Å². The van der Waals surface area contributed by atoms with Crippen molar-refractivity contribution >= 4 is 11.6 Å². The van der Waals surface area contributed by atoms with E-state index in [2.05, 4.69) is 10.5 Å². The number of methoxy groups -OCH3 is 1. The van der Waals surface area contributed by atoms with Crippen LogP contribution in [-0.2, 0) is 4.79 Å². The molecule has 1 amide bonds. The minimum atomic E-state index is -0.404. The van der Waals surface area contributed by atoms with Crippen molar-refractivity contribution < 1.29 is 19.4 Å². The van der Waals surface area contributed by atoms with Crippen LogP contribution in [0.1, 0.15) is 12.5 Å². The third-order valence-corrected chi connectivity index (χ3v) is 4.27. The molecule has 0 saturated carbocycles. The highest BCUT2D eigenvalue weighted by Crippen LogP contribution is 2.24. The lowest BCUT2D eigenvalue weighted by atomic mass is 10.1. The van der Waals surface area contributed by atoms with E-state index in [1.54, 1.807) is 19.1 Å². The number of hydrogen-bond donors (Lipinski definition) is 2. The summed E-state index contributed by atoms with van der Waals surface area (Å²) in [7, 11) is 1.54. The first-order valence-electron chi connectivity index (χ1n) is 9.05. The van der Waals surface area contributed by atoms with E-state index in [1.807, 2.05) is 54.6 Å². The third-order valence-electron chi connectivity index (χ3n) is 4.27. The van der Waals surface area contributed by atoms with Gasteiger partial charge in [-0.1, -0.05) is 42.5 Å². The lowest BCUT2D eigenvalue weighted by Crippen LogP contribution is -2.25. The molecule has 29 heavy (non-hydrogen) atoms. The van der Waals surface area contributed by atoms with Crippen LogP contribution in [0.3, 0.4) is 0 Å². The van der Waals surface area contributed by atoms with Gasteiger partial charge in [-0.2, -0.15) is 5.10 Å². The molecule has 0 bridgehead atoms. The van der Waals surface area contributed by atoms with Crippen LogP contribution in [0.25, 0.3) is 11.1 Å². The molecule has 0 spiro atoms. The summed E-state index contributed by atoms with van der Waals surface area (Å²) in [6, 6.07) is 22.3. The van der Waals surface area contributed by atoms with Gasteiger partial charge in [0.2, 0.25) is 0 Å². The third kappa shape index (κ3) is 5.35. The number of phenols is 1. The minimum absolute atomic E-state index is 0.0519. The normalized spacial score (nSPS) is 11.0. The van der Waals surface area contributed by atoms with Crippen LogP contribution < -0.4 is 14.9 Å². The van der Waals surface area contributed by atoms with Gasteiger partial charge in [0.15, 0.2) is 6.61 Å². The van der Waals surface area contributed by atoms with Crippen LogP contribution in [0.4, 0.5) is 0 Å². The Labute approximate surface area is 169 Å². The molecule has 0 aliphatic heterocycles. The van der Waals surface area contributed by atoms with E-state index in [0.717, 1.165) is 11.1 Å². The number of rotatable bonds is 7. The summed E-state index contributed by atoms with van der Waals surface area (Å²) in [4.78, 5) is 12.0. The number of ether oxygens (including phenoxy) is 2. The molecular formula is C23H22N2O4. The Balaban J connectivity index is 1.55. The van der Waals surface area contributed by atoms with Gasteiger partial charge < -0.3 is 14.6 Å². The maximum atomic E-state index is 12.0. The van der Waals surface area contributed by atoms with E-state index in [9.17, 15) is 9.90 Å². The van der Waals surface area contributed by atoms with Gasteiger partial charge in [-0.3, -0.25) is 4.79 Å². The molecule has 0 unspecified atom stereocenters. The number of nitrogens with zero attached hydrogens (tertiary/aromatic N) is 1. The van der Waals surface area contributed by atoms with Crippen molar-refractivity contribution in [3.8, 4) is 28.4 Å². The molecule has 6 heteroatoms. The first-order valence-corrected chi connectivity index (χ1v) is 9.05. The second kappa shape index (κ2) is 9.41. The molecule has 0 aliphatic rings. The van der Waals surface area contributed by atoms with Crippen LogP contribution in [-0.4, -0.2) is 30.4 Å². The van der Waals surface area contributed by atoms with Crippen molar-refractivity contribution in [3.63, 3.8) is 0 Å². The van der Waals surface area contributed by atoms with Gasteiger partial charge in [-0.05, 0) is 48.4 Å². The molecule has 0 aromatic heterocycles. The standard InChI is InChI=1S/C23H22N2O4/c1-16(21-14-20(28-2)12-13-22(21)26)24-25-23(27)15-29-19-10-8-18(9-11-19)17-6-4-3-5-7-17/h3-14,26H,15H2,1-2H3,(H,25,27)/b24-16+. The molecule has 148 valence electrons. The Kier molecular flexibility index (Phi) is 6.47. The predicted octanol–water partition coefficient (Wildman–Crippen LogP) is 3.99. The molecule has 0 fully saturated rings. The number of carbonyl (C=O) groups is 1. The van der Waals surface area contributed by atoms with Gasteiger partial charge in [-0.25, -0.2) is 5.43 Å². The molecule has 3 aromatic carbocycles. The quantitative estimate of drug-likeness (QED) is 0.472. The Hall–Kier alpha value is -3.80. The number of aromatic hydroxyl groups is 1. The highest BCUT2D eigenvalue weighted by Gasteiger charge is 2.08. The van der Waals surface area contributed by atoms with Crippen molar-refractivity contribution in [2.45, 2.75) is 6.92 Å². The number of hydrogen-bond acceptors (Lipinski definition) is 5. The molecule has 0 saturated heterocycles. The van der Waals surface area contributed by atoms with Crippen LogP contribution in [0.5, 0.6) is 17.2 Å². The summed E-state index contributed by atoms with van der Waals surface area (Å²) >= 11 is 0. The number of nitrogens with one attached hydrogen (secondary N) is 1. The first kappa shape index (κ1) is 19.9.